The summed E-state index contributed by atoms with van der Waals surface area (Å²) in [6.45, 7) is 7.49. The Bertz CT molecular complexity index is 297. The number of likely N-dealkylation sites (tertiary alicyclic amines) is 1. The molecule has 0 aromatic heterocycles. The molecular weight excluding hydrogens is 240 g/mol. The Hall–Kier alpha value is -0.610. The molecule has 0 amide bonds. The topological polar surface area (TPSA) is 41.6 Å². The molecule has 1 saturated carbocycles. The normalized spacial score (nSPS) is 25.0. The average Bonchev–Trinajstić information content (AvgIpc) is 3.27. The Kier molecular flexibility index (Phi) is 5.22. The van der Waals surface area contributed by atoms with Crippen molar-refractivity contribution >= 4 is 5.97 Å². The largest absolute Gasteiger partial charge is 0.469 e. The fourth-order valence-corrected chi connectivity index (χ4v) is 2.87. The van der Waals surface area contributed by atoms with Gasteiger partial charge in [-0.3, -0.25) is 9.69 Å². The molecule has 0 bridgehead atoms. The van der Waals surface area contributed by atoms with Gasteiger partial charge in [-0.05, 0) is 58.2 Å². The third-order valence-corrected chi connectivity index (χ3v) is 4.79. The maximum absolute atomic E-state index is 11.6. The van der Waals surface area contributed by atoms with Gasteiger partial charge in [-0.15, -0.1) is 0 Å². The van der Waals surface area contributed by atoms with Crippen molar-refractivity contribution in [3.8, 4) is 0 Å². The van der Waals surface area contributed by atoms with E-state index in [0.29, 0.717) is 6.04 Å². The van der Waals surface area contributed by atoms with Crippen LogP contribution in [0.3, 0.4) is 0 Å². The third-order valence-electron chi connectivity index (χ3n) is 4.79. The van der Waals surface area contributed by atoms with Crippen LogP contribution in [0.4, 0.5) is 0 Å². The van der Waals surface area contributed by atoms with Crippen molar-refractivity contribution in [3.05, 3.63) is 0 Å². The van der Waals surface area contributed by atoms with E-state index in [-0.39, 0.29) is 17.9 Å². The predicted molar refractivity (Wildman–Crippen MR) is 76.0 cm³/mol. The fraction of sp³-hybridized carbons (Fsp3) is 0.933. The Labute approximate surface area is 116 Å². The molecule has 1 aliphatic carbocycles. The Morgan fingerprint density at radius 2 is 1.89 bits per heavy atom. The molecule has 2 rings (SSSR count). The number of hydrogen-bond acceptors (Lipinski definition) is 4. The summed E-state index contributed by atoms with van der Waals surface area (Å²) in [7, 11) is 1.47. The average molecular weight is 268 g/mol. The van der Waals surface area contributed by atoms with E-state index in [9.17, 15) is 4.79 Å². The molecular formula is C15H28N2O2. The standard InChI is InChI=1S/C15H28N2O2/c1-11(15(18)19-3)12(2)17-8-6-14(7-9-17)16-10-13-4-5-13/h11-14,16H,4-10H2,1-3H3. The van der Waals surface area contributed by atoms with Gasteiger partial charge in [0, 0.05) is 12.1 Å². The summed E-state index contributed by atoms with van der Waals surface area (Å²) < 4.78 is 4.84. The molecule has 2 unspecified atom stereocenters. The number of nitrogens with zero attached hydrogens (tertiary/aromatic N) is 1. The van der Waals surface area contributed by atoms with Gasteiger partial charge in [0.1, 0.15) is 0 Å². The molecule has 1 aliphatic heterocycles. The molecule has 0 radical (unpaired) electrons. The molecule has 2 atom stereocenters. The van der Waals surface area contributed by atoms with Crippen LogP contribution >= 0.6 is 0 Å². The lowest BCUT2D eigenvalue weighted by Gasteiger charge is -2.38. The van der Waals surface area contributed by atoms with Gasteiger partial charge in [-0.1, -0.05) is 6.92 Å². The summed E-state index contributed by atoms with van der Waals surface area (Å²) in [4.78, 5) is 14.0. The van der Waals surface area contributed by atoms with Crippen LogP contribution in [0.15, 0.2) is 0 Å². The highest BCUT2D eigenvalue weighted by atomic mass is 16.5. The van der Waals surface area contributed by atoms with Crippen molar-refractivity contribution in [1.29, 1.82) is 0 Å². The lowest BCUT2D eigenvalue weighted by atomic mass is 9.97. The highest BCUT2D eigenvalue weighted by Gasteiger charge is 2.30. The maximum atomic E-state index is 11.6. The first-order valence-electron chi connectivity index (χ1n) is 7.67. The highest BCUT2D eigenvalue weighted by Crippen LogP contribution is 2.28. The van der Waals surface area contributed by atoms with E-state index in [1.807, 2.05) is 6.92 Å². The molecule has 110 valence electrons. The first kappa shape index (κ1) is 14.8. The number of esters is 1. The van der Waals surface area contributed by atoms with E-state index in [0.717, 1.165) is 19.0 Å². The molecule has 1 heterocycles. The van der Waals surface area contributed by atoms with E-state index < -0.39 is 0 Å². The van der Waals surface area contributed by atoms with Gasteiger partial charge < -0.3 is 10.1 Å². The number of ether oxygens (including phenoxy) is 1. The minimum Gasteiger partial charge on any atom is -0.469 e. The van der Waals surface area contributed by atoms with E-state index in [1.165, 1.54) is 39.3 Å². The third kappa shape index (κ3) is 4.18. The van der Waals surface area contributed by atoms with Crippen molar-refractivity contribution in [3.63, 3.8) is 0 Å². The van der Waals surface area contributed by atoms with Crippen LogP contribution in [0.5, 0.6) is 0 Å². The second-order valence-corrected chi connectivity index (χ2v) is 6.21. The van der Waals surface area contributed by atoms with Crippen LogP contribution < -0.4 is 5.32 Å². The monoisotopic (exact) mass is 268 g/mol. The predicted octanol–water partition coefficient (Wildman–Crippen LogP) is 1.65. The van der Waals surface area contributed by atoms with Crippen molar-refractivity contribution in [2.24, 2.45) is 11.8 Å². The number of methoxy groups -OCH3 is 1. The summed E-state index contributed by atoms with van der Waals surface area (Å²) in [5.41, 5.74) is 0. The number of nitrogens with one attached hydrogen (secondary N) is 1. The van der Waals surface area contributed by atoms with Crippen LogP contribution in [-0.2, 0) is 9.53 Å². The van der Waals surface area contributed by atoms with Gasteiger partial charge in [0.25, 0.3) is 0 Å². The number of rotatable bonds is 6. The van der Waals surface area contributed by atoms with Gasteiger partial charge in [0.05, 0.1) is 13.0 Å². The molecule has 0 spiro atoms. The van der Waals surface area contributed by atoms with E-state index in [4.69, 9.17) is 4.74 Å². The number of carbonyl (C=O) groups is 1. The summed E-state index contributed by atoms with van der Waals surface area (Å²) >= 11 is 0. The van der Waals surface area contributed by atoms with Gasteiger partial charge >= 0.3 is 5.97 Å². The van der Waals surface area contributed by atoms with Crippen LogP contribution in [0.1, 0.15) is 39.5 Å². The highest BCUT2D eigenvalue weighted by molar-refractivity contribution is 5.72. The maximum Gasteiger partial charge on any atom is 0.309 e. The number of hydrogen-bond donors (Lipinski definition) is 1. The summed E-state index contributed by atoms with van der Waals surface area (Å²) in [6, 6.07) is 0.953. The van der Waals surface area contributed by atoms with Crippen LogP contribution in [0.2, 0.25) is 0 Å². The lowest BCUT2D eigenvalue weighted by molar-refractivity contribution is -0.147. The molecule has 0 aromatic rings. The minimum atomic E-state index is -0.0959. The smallest absolute Gasteiger partial charge is 0.309 e. The van der Waals surface area contributed by atoms with E-state index in [1.54, 1.807) is 0 Å². The lowest BCUT2D eigenvalue weighted by Crippen LogP contribution is -2.49. The second-order valence-electron chi connectivity index (χ2n) is 6.21. The zero-order chi connectivity index (χ0) is 13.8. The zero-order valence-electron chi connectivity index (χ0n) is 12.5. The second kappa shape index (κ2) is 6.71. The van der Waals surface area contributed by atoms with Crippen molar-refractivity contribution < 1.29 is 9.53 Å². The van der Waals surface area contributed by atoms with Crippen molar-refractivity contribution in [1.82, 2.24) is 10.2 Å². The zero-order valence-corrected chi connectivity index (χ0v) is 12.5. The molecule has 0 aromatic carbocycles. The van der Waals surface area contributed by atoms with Gasteiger partial charge in [-0.25, -0.2) is 0 Å². The molecule has 1 N–H and O–H groups in total. The Balaban J connectivity index is 1.70. The quantitative estimate of drug-likeness (QED) is 0.744. The van der Waals surface area contributed by atoms with Gasteiger partial charge in [0.2, 0.25) is 0 Å². The number of piperidine rings is 1. The first-order valence-corrected chi connectivity index (χ1v) is 7.67. The fourth-order valence-electron chi connectivity index (χ4n) is 2.87. The summed E-state index contributed by atoms with van der Waals surface area (Å²) in [6.07, 6.45) is 5.23. The van der Waals surface area contributed by atoms with Crippen LogP contribution in [-0.4, -0.2) is 49.7 Å². The Morgan fingerprint density at radius 1 is 1.26 bits per heavy atom. The Morgan fingerprint density at radius 3 is 2.42 bits per heavy atom. The molecule has 19 heavy (non-hydrogen) atoms. The molecule has 1 saturated heterocycles. The molecule has 4 nitrogen and oxygen atoms in total. The summed E-state index contributed by atoms with van der Waals surface area (Å²) in [5, 5.41) is 3.69. The minimum absolute atomic E-state index is 0.0408. The molecule has 2 aliphatic rings. The number of carbonyl (C=O) groups excluding carboxylic acids is 1. The first-order chi connectivity index (χ1) is 9.11. The van der Waals surface area contributed by atoms with Crippen molar-refractivity contribution in [2.75, 3.05) is 26.7 Å². The molecule has 4 heteroatoms. The SMILES string of the molecule is COC(=O)C(C)C(C)N1CCC(NCC2CC2)CC1. The van der Waals surface area contributed by atoms with Gasteiger partial charge in [-0.2, -0.15) is 0 Å². The van der Waals surface area contributed by atoms with E-state index >= 15 is 0 Å². The van der Waals surface area contributed by atoms with Crippen LogP contribution in [0.25, 0.3) is 0 Å². The summed E-state index contributed by atoms with van der Waals surface area (Å²) in [5.74, 6) is 0.818. The van der Waals surface area contributed by atoms with Crippen LogP contribution in [0, 0.1) is 11.8 Å². The van der Waals surface area contributed by atoms with Crippen molar-refractivity contribution in [2.45, 2.75) is 51.6 Å². The molecule has 2 fully saturated rings. The van der Waals surface area contributed by atoms with Gasteiger partial charge in [0.15, 0.2) is 0 Å². The van der Waals surface area contributed by atoms with E-state index in [2.05, 4.69) is 17.1 Å².